The van der Waals surface area contributed by atoms with Gasteiger partial charge in [0.05, 0.1) is 0 Å². The summed E-state index contributed by atoms with van der Waals surface area (Å²) in [4.78, 5) is 12.1. The molecule has 0 aromatic heterocycles. The molecule has 0 radical (unpaired) electrons. The topological polar surface area (TPSA) is 49.7 Å². The highest BCUT2D eigenvalue weighted by atomic mass is 19.1. The Hall–Kier alpha value is -2.49. The van der Waals surface area contributed by atoms with Gasteiger partial charge in [0.2, 0.25) is 5.78 Å². The Morgan fingerprint density at radius 2 is 1.67 bits per heavy atom. The SMILES string of the molecule is O=C(/C(=N\O)c1cccc(F)c1)c1ccccc1. The lowest BCUT2D eigenvalue weighted by Gasteiger charge is -2.04. The van der Waals surface area contributed by atoms with Gasteiger partial charge in [-0.2, -0.15) is 0 Å². The zero-order valence-electron chi connectivity index (χ0n) is 9.38. The lowest BCUT2D eigenvalue weighted by atomic mass is 10.0. The Morgan fingerprint density at radius 1 is 1.00 bits per heavy atom. The first kappa shape index (κ1) is 12.0. The number of ketones is 1. The van der Waals surface area contributed by atoms with Crippen molar-refractivity contribution in [3.63, 3.8) is 0 Å². The molecular weight excluding hydrogens is 233 g/mol. The number of rotatable bonds is 3. The van der Waals surface area contributed by atoms with Gasteiger partial charge in [0.15, 0.2) is 5.71 Å². The van der Waals surface area contributed by atoms with Crippen LogP contribution in [-0.2, 0) is 0 Å². The van der Waals surface area contributed by atoms with Crippen LogP contribution in [0.1, 0.15) is 15.9 Å². The number of carbonyl (C=O) groups is 1. The first-order valence-electron chi connectivity index (χ1n) is 5.30. The molecule has 4 heteroatoms. The van der Waals surface area contributed by atoms with Gasteiger partial charge in [-0.3, -0.25) is 4.79 Å². The molecule has 2 aromatic carbocycles. The van der Waals surface area contributed by atoms with Crippen LogP contribution in [0.2, 0.25) is 0 Å². The number of benzene rings is 2. The third-order valence-corrected chi connectivity index (χ3v) is 2.45. The van der Waals surface area contributed by atoms with Crippen molar-refractivity contribution in [2.45, 2.75) is 0 Å². The third-order valence-electron chi connectivity index (χ3n) is 2.45. The fourth-order valence-electron chi connectivity index (χ4n) is 1.60. The largest absolute Gasteiger partial charge is 0.410 e. The zero-order chi connectivity index (χ0) is 13.0. The Kier molecular flexibility index (Phi) is 3.48. The smallest absolute Gasteiger partial charge is 0.215 e. The molecule has 0 fully saturated rings. The lowest BCUT2D eigenvalue weighted by molar-refractivity contribution is 0.106. The van der Waals surface area contributed by atoms with Crippen molar-refractivity contribution in [3.8, 4) is 0 Å². The van der Waals surface area contributed by atoms with Gasteiger partial charge in [0, 0.05) is 11.1 Å². The van der Waals surface area contributed by atoms with Gasteiger partial charge < -0.3 is 5.21 Å². The Balaban J connectivity index is 2.39. The summed E-state index contributed by atoms with van der Waals surface area (Å²) in [6, 6.07) is 13.8. The second kappa shape index (κ2) is 5.23. The molecule has 0 aliphatic carbocycles. The normalized spacial score (nSPS) is 11.3. The van der Waals surface area contributed by atoms with Crippen LogP contribution < -0.4 is 0 Å². The van der Waals surface area contributed by atoms with E-state index in [9.17, 15) is 9.18 Å². The van der Waals surface area contributed by atoms with Gasteiger partial charge in [-0.1, -0.05) is 47.6 Å². The molecular formula is C14H10FNO2. The number of halogens is 1. The van der Waals surface area contributed by atoms with E-state index >= 15 is 0 Å². The van der Waals surface area contributed by atoms with Crippen LogP contribution in [0.25, 0.3) is 0 Å². The van der Waals surface area contributed by atoms with E-state index in [0.717, 1.165) is 6.07 Å². The van der Waals surface area contributed by atoms with Crippen LogP contribution in [0.5, 0.6) is 0 Å². The predicted molar refractivity (Wildman–Crippen MR) is 65.5 cm³/mol. The van der Waals surface area contributed by atoms with Gasteiger partial charge in [0.1, 0.15) is 5.82 Å². The number of Topliss-reactive ketones (excluding diaryl/α,β-unsaturated/α-hetero) is 1. The fourth-order valence-corrected chi connectivity index (χ4v) is 1.60. The molecule has 0 heterocycles. The van der Waals surface area contributed by atoms with Gasteiger partial charge in [0.25, 0.3) is 0 Å². The highest BCUT2D eigenvalue weighted by molar-refractivity contribution is 6.51. The number of hydrogen-bond acceptors (Lipinski definition) is 3. The molecule has 3 nitrogen and oxygen atoms in total. The summed E-state index contributed by atoms with van der Waals surface area (Å²) in [5.74, 6) is -0.946. The summed E-state index contributed by atoms with van der Waals surface area (Å²) in [5, 5.41) is 11.9. The fraction of sp³-hybridized carbons (Fsp3) is 0. The van der Waals surface area contributed by atoms with Crippen molar-refractivity contribution in [3.05, 3.63) is 71.5 Å². The monoisotopic (exact) mass is 243 g/mol. The standard InChI is InChI=1S/C14H10FNO2/c15-12-8-4-7-11(9-12)13(16-18)14(17)10-5-2-1-3-6-10/h1-9,18H/b16-13-. The molecule has 0 saturated carbocycles. The summed E-state index contributed by atoms with van der Waals surface area (Å²) >= 11 is 0. The Morgan fingerprint density at radius 3 is 2.28 bits per heavy atom. The van der Waals surface area contributed by atoms with Gasteiger partial charge in [-0.15, -0.1) is 0 Å². The molecule has 18 heavy (non-hydrogen) atoms. The Labute approximate surface area is 103 Å². The molecule has 0 bridgehead atoms. The summed E-state index contributed by atoms with van der Waals surface area (Å²) in [6.07, 6.45) is 0. The maximum Gasteiger partial charge on any atom is 0.215 e. The molecule has 1 N–H and O–H groups in total. The second-order valence-corrected chi connectivity index (χ2v) is 3.65. The van der Waals surface area contributed by atoms with E-state index in [1.54, 1.807) is 30.3 Å². The zero-order valence-corrected chi connectivity index (χ0v) is 9.38. The van der Waals surface area contributed by atoms with Crippen LogP contribution in [-0.4, -0.2) is 16.7 Å². The summed E-state index contributed by atoms with van der Waals surface area (Å²) in [5.41, 5.74) is 0.446. The minimum atomic E-state index is -0.491. The van der Waals surface area contributed by atoms with Crippen molar-refractivity contribution in [2.24, 2.45) is 5.16 Å². The maximum atomic E-state index is 13.1. The van der Waals surface area contributed by atoms with Crippen molar-refractivity contribution < 1.29 is 14.4 Å². The van der Waals surface area contributed by atoms with Gasteiger partial charge in [-0.25, -0.2) is 4.39 Å². The maximum absolute atomic E-state index is 13.1. The van der Waals surface area contributed by atoms with Crippen molar-refractivity contribution in [2.75, 3.05) is 0 Å². The first-order valence-corrected chi connectivity index (χ1v) is 5.30. The molecule has 0 unspecified atom stereocenters. The molecule has 0 amide bonds. The third kappa shape index (κ3) is 2.43. The van der Waals surface area contributed by atoms with Crippen LogP contribution in [0.15, 0.2) is 59.8 Å². The highest BCUT2D eigenvalue weighted by Gasteiger charge is 2.17. The molecule has 2 aromatic rings. The van der Waals surface area contributed by atoms with Crippen molar-refractivity contribution >= 4 is 11.5 Å². The Bertz CT molecular complexity index is 594. The minimum Gasteiger partial charge on any atom is -0.410 e. The van der Waals surface area contributed by atoms with E-state index in [4.69, 9.17) is 5.21 Å². The quantitative estimate of drug-likeness (QED) is 0.390. The average Bonchev–Trinajstić information content (AvgIpc) is 2.40. The number of hydrogen-bond donors (Lipinski definition) is 1. The van der Waals surface area contributed by atoms with Crippen LogP contribution in [0, 0.1) is 5.82 Å². The van der Waals surface area contributed by atoms with E-state index in [1.807, 2.05) is 0 Å². The first-order chi connectivity index (χ1) is 8.72. The minimum absolute atomic E-state index is 0.180. The predicted octanol–water partition coefficient (Wildman–Crippen LogP) is 2.89. The molecule has 0 aliphatic rings. The molecule has 0 saturated heterocycles. The second-order valence-electron chi connectivity index (χ2n) is 3.65. The van der Waals surface area contributed by atoms with Crippen LogP contribution >= 0.6 is 0 Å². The van der Waals surface area contributed by atoms with Gasteiger partial charge in [-0.05, 0) is 12.1 Å². The summed E-state index contributed by atoms with van der Waals surface area (Å²) in [6.45, 7) is 0. The molecule has 0 atom stereocenters. The van der Waals surface area contributed by atoms with E-state index < -0.39 is 11.6 Å². The van der Waals surface area contributed by atoms with E-state index in [-0.39, 0.29) is 11.3 Å². The lowest BCUT2D eigenvalue weighted by Crippen LogP contribution is -2.16. The molecule has 90 valence electrons. The van der Waals surface area contributed by atoms with Crippen molar-refractivity contribution in [1.29, 1.82) is 0 Å². The number of nitrogens with zero attached hydrogens (tertiary/aromatic N) is 1. The van der Waals surface area contributed by atoms with Crippen LogP contribution in [0.3, 0.4) is 0 Å². The number of oxime groups is 1. The summed E-state index contributed by atoms with van der Waals surface area (Å²) < 4.78 is 13.1. The molecule has 0 spiro atoms. The number of carbonyl (C=O) groups excluding carboxylic acids is 1. The molecule has 0 aliphatic heterocycles. The van der Waals surface area contributed by atoms with E-state index in [0.29, 0.717) is 5.56 Å². The molecule has 2 rings (SSSR count). The van der Waals surface area contributed by atoms with Crippen LogP contribution in [0.4, 0.5) is 4.39 Å². The van der Waals surface area contributed by atoms with Crippen molar-refractivity contribution in [1.82, 2.24) is 0 Å². The van der Waals surface area contributed by atoms with Gasteiger partial charge >= 0.3 is 0 Å². The van der Waals surface area contributed by atoms with E-state index in [1.165, 1.54) is 18.2 Å². The average molecular weight is 243 g/mol. The highest BCUT2D eigenvalue weighted by Crippen LogP contribution is 2.10. The summed E-state index contributed by atoms with van der Waals surface area (Å²) in [7, 11) is 0. The van der Waals surface area contributed by atoms with E-state index in [2.05, 4.69) is 5.16 Å².